The lowest BCUT2D eigenvalue weighted by Crippen LogP contribution is -2.30. The Hall–Kier alpha value is -0.400. The van der Waals surface area contributed by atoms with Crippen LogP contribution in [0.5, 0.6) is 0 Å². The third-order valence-corrected chi connectivity index (χ3v) is 1.77. The normalized spacial score (nSPS) is 13.2. The van der Waals surface area contributed by atoms with Gasteiger partial charge in [-0.05, 0) is 12.6 Å². The molecule has 0 aliphatic heterocycles. The van der Waals surface area contributed by atoms with Crippen LogP contribution in [-0.2, 0) is 9.53 Å². The van der Waals surface area contributed by atoms with Gasteiger partial charge in [-0.2, -0.15) is 0 Å². The van der Waals surface area contributed by atoms with Gasteiger partial charge in [-0.1, -0.05) is 25.5 Å². The fourth-order valence-corrected chi connectivity index (χ4v) is 0.874. The minimum Gasteiger partial charge on any atom is -0.464 e. The smallest absolute Gasteiger partial charge is 0.326 e. The lowest BCUT2D eigenvalue weighted by atomic mass is 10.3. The first-order chi connectivity index (χ1) is 6.22. The highest BCUT2D eigenvalue weighted by Gasteiger charge is 2.09. The minimum atomic E-state index is -0.614. The first kappa shape index (κ1) is 12.6. The van der Waals surface area contributed by atoms with E-state index in [9.17, 15) is 4.79 Å². The largest absolute Gasteiger partial charge is 0.464 e. The molecule has 0 saturated heterocycles. The molecule has 2 atom stereocenters. The second kappa shape index (κ2) is 8.21. The Morgan fingerprint density at radius 3 is 2.92 bits per heavy atom. The van der Waals surface area contributed by atoms with Crippen LogP contribution in [0.3, 0.4) is 0 Å². The topological polar surface area (TPSA) is 52.3 Å². The lowest BCUT2D eigenvalue weighted by molar-refractivity contribution is -0.144. The summed E-state index contributed by atoms with van der Waals surface area (Å²) in [6, 6.07) is -0.614. The summed E-state index contributed by atoms with van der Waals surface area (Å²) < 4.78 is 4.92. The Morgan fingerprint density at radius 2 is 2.38 bits per heavy atom. The maximum absolute atomic E-state index is 11.1. The first-order valence-corrected chi connectivity index (χ1v) is 5.33. The average Bonchev–Trinajstić information content (AvgIpc) is 2.14. The Kier molecular flexibility index (Phi) is 7.96. The average molecular weight is 203 g/mol. The maximum Gasteiger partial charge on any atom is 0.326 e. The summed E-state index contributed by atoms with van der Waals surface area (Å²) in [5.74, 6) is -0.344. The Balaban J connectivity index is 3.63. The Bertz CT molecular complexity index is 171. The van der Waals surface area contributed by atoms with E-state index in [4.69, 9.17) is 10.5 Å². The molecule has 4 heteroatoms. The number of rotatable bonds is 6. The number of nitrogens with two attached hydrogens (primary N) is 1. The minimum absolute atomic E-state index is 0.344. The van der Waals surface area contributed by atoms with Crippen molar-refractivity contribution in [2.45, 2.75) is 25.8 Å². The van der Waals surface area contributed by atoms with Gasteiger partial charge in [-0.25, -0.2) is 0 Å². The zero-order chi connectivity index (χ0) is 10.1. The monoisotopic (exact) mass is 203 g/mol. The van der Waals surface area contributed by atoms with E-state index in [-0.39, 0.29) is 5.97 Å². The summed E-state index contributed by atoms with van der Waals surface area (Å²) in [7, 11) is 2.53. The number of carbonyl (C=O) groups is 1. The van der Waals surface area contributed by atoms with E-state index in [0.717, 1.165) is 19.0 Å². The van der Waals surface area contributed by atoms with Crippen LogP contribution in [-0.4, -0.2) is 24.8 Å². The van der Waals surface area contributed by atoms with Crippen molar-refractivity contribution in [1.82, 2.24) is 0 Å². The maximum atomic E-state index is 11.1. The molecule has 2 N–H and O–H groups in total. The lowest BCUT2D eigenvalue weighted by Gasteiger charge is -2.06. The van der Waals surface area contributed by atoms with Gasteiger partial charge in [0.1, 0.15) is 6.04 Å². The van der Waals surface area contributed by atoms with Crippen molar-refractivity contribution < 1.29 is 9.53 Å². The Labute approximate surface area is 81.9 Å². The van der Waals surface area contributed by atoms with E-state index in [1.807, 2.05) is 13.0 Å². The second-order valence-electron chi connectivity index (χ2n) is 2.71. The van der Waals surface area contributed by atoms with E-state index in [1.165, 1.54) is 0 Å². The molecule has 76 valence electrons. The van der Waals surface area contributed by atoms with E-state index in [2.05, 4.69) is 9.24 Å². The van der Waals surface area contributed by atoms with Crippen LogP contribution >= 0.6 is 9.24 Å². The van der Waals surface area contributed by atoms with Crippen molar-refractivity contribution in [3.05, 3.63) is 12.2 Å². The van der Waals surface area contributed by atoms with Gasteiger partial charge < -0.3 is 10.5 Å². The van der Waals surface area contributed by atoms with Crippen molar-refractivity contribution in [1.29, 1.82) is 0 Å². The van der Waals surface area contributed by atoms with Gasteiger partial charge in [0, 0.05) is 0 Å². The molecule has 0 aromatic carbocycles. The van der Waals surface area contributed by atoms with Gasteiger partial charge in [-0.15, -0.1) is 9.24 Å². The SMILES string of the molecule is CCCCOC(=O)C(N)C=CCP. The molecule has 0 fully saturated rings. The molecule has 0 spiro atoms. The van der Waals surface area contributed by atoms with Crippen LogP contribution in [0.4, 0.5) is 0 Å². The zero-order valence-electron chi connectivity index (χ0n) is 8.03. The molecule has 0 saturated carbocycles. The number of hydrogen-bond acceptors (Lipinski definition) is 3. The third kappa shape index (κ3) is 6.73. The van der Waals surface area contributed by atoms with Gasteiger partial charge in [0.25, 0.3) is 0 Å². The van der Waals surface area contributed by atoms with Crippen molar-refractivity contribution in [3.63, 3.8) is 0 Å². The molecule has 0 aromatic heterocycles. The van der Waals surface area contributed by atoms with E-state index < -0.39 is 6.04 Å². The highest BCUT2D eigenvalue weighted by molar-refractivity contribution is 7.16. The molecule has 0 rings (SSSR count). The molecule has 0 bridgehead atoms. The highest BCUT2D eigenvalue weighted by Crippen LogP contribution is 1.93. The van der Waals surface area contributed by atoms with Crippen LogP contribution in [0.1, 0.15) is 19.8 Å². The molecule has 0 heterocycles. The number of unbranched alkanes of at least 4 members (excludes halogenated alkanes) is 1. The quantitative estimate of drug-likeness (QED) is 0.304. The molecule has 2 unspecified atom stereocenters. The number of esters is 1. The fourth-order valence-electron chi connectivity index (χ4n) is 0.717. The molecule has 0 radical (unpaired) electrons. The van der Waals surface area contributed by atoms with E-state index in [1.54, 1.807) is 6.08 Å². The first-order valence-electron chi connectivity index (χ1n) is 4.51. The van der Waals surface area contributed by atoms with Crippen LogP contribution < -0.4 is 5.73 Å². The number of allylic oxidation sites excluding steroid dienone is 1. The van der Waals surface area contributed by atoms with E-state index in [0.29, 0.717) is 6.61 Å². The number of carbonyl (C=O) groups excluding carboxylic acids is 1. The molecular weight excluding hydrogens is 185 g/mol. The number of ether oxygens (including phenoxy) is 1. The van der Waals surface area contributed by atoms with Gasteiger partial charge in [-0.3, -0.25) is 4.79 Å². The summed E-state index contributed by atoms with van der Waals surface area (Å²) in [6.07, 6.45) is 6.20. The second-order valence-corrected chi connectivity index (χ2v) is 3.18. The van der Waals surface area contributed by atoms with Gasteiger partial charge >= 0.3 is 5.97 Å². The van der Waals surface area contributed by atoms with Crippen molar-refractivity contribution >= 4 is 15.2 Å². The summed E-state index contributed by atoms with van der Waals surface area (Å²) in [5, 5.41) is 0. The fraction of sp³-hybridized carbons (Fsp3) is 0.667. The molecule has 3 nitrogen and oxygen atoms in total. The number of hydrogen-bond donors (Lipinski definition) is 1. The van der Waals surface area contributed by atoms with Gasteiger partial charge in [0.15, 0.2) is 0 Å². The van der Waals surface area contributed by atoms with E-state index >= 15 is 0 Å². The summed E-state index contributed by atoms with van der Waals surface area (Å²) in [4.78, 5) is 11.1. The van der Waals surface area contributed by atoms with Crippen LogP contribution in [0.25, 0.3) is 0 Å². The third-order valence-electron chi connectivity index (χ3n) is 1.49. The summed E-state index contributed by atoms with van der Waals surface area (Å²) in [6.45, 7) is 2.51. The standard InChI is InChI=1S/C9H18NO2P/c1-2-3-6-12-9(11)8(10)5-4-7-13/h4-5,8H,2-3,6-7,10,13H2,1H3. The predicted molar refractivity (Wildman–Crippen MR) is 57.6 cm³/mol. The molecule has 0 amide bonds. The van der Waals surface area contributed by atoms with Crippen molar-refractivity contribution in [2.75, 3.05) is 12.8 Å². The molecular formula is C9H18NO2P. The van der Waals surface area contributed by atoms with Gasteiger partial charge in [0.2, 0.25) is 0 Å². The summed E-state index contributed by atoms with van der Waals surface area (Å²) >= 11 is 0. The van der Waals surface area contributed by atoms with Crippen LogP contribution in [0.15, 0.2) is 12.2 Å². The predicted octanol–water partition coefficient (Wildman–Crippen LogP) is 1.09. The molecule has 0 aromatic rings. The Morgan fingerprint density at radius 1 is 1.69 bits per heavy atom. The zero-order valence-corrected chi connectivity index (χ0v) is 9.19. The molecule has 0 aliphatic carbocycles. The van der Waals surface area contributed by atoms with Crippen molar-refractivity contribution in [2.24, 2.45) is 5.73 Å². The van der Waals surface area contributed by atoms with Crippen LogP contribution in [0, 0.1) is 0 Å². The summed E-state index contributed by atoms with van der Waals surface area (Å²) in [5.41, 5.74) is 5.51. The van der Waals surface area contributed by atoms with Gasteiger partial charge in [0.05, 0.1) is 6.61 Å². The van der Waals surface area contributed by atoms with Crippen LogP contribution in [0.2, 0.25) is 0 Å². The molecule has 0 aliphatic rings. The van der Waals surface area contributed by atoms with Crippen molar-refractivity contribution in [3.8, 4) is 0 Å². The molecule has 13 heavy (non-hydrogen) atoms. The highest BCUT2D eigenvalue weighted by atomic mass is 31.0.